The Balaban J connectivity index is 1.53. The van der Waals surface area contributed by atoms with Gasteiger partial charge in [-0.3, -0.25) is 0 Å². The predicted molar refractivity (Wildman–Crippen MR) is 99.7 cm³/mol. The summed E-state index contributed by atoms with van der Waals surface area (Å²) in [5, 5.41) is 6.95. The number of alkyl halides is 1. The molecule has 26 heavy (non-hydrogen) atoms. The molecule has 0 saturated heterocycles. The number of nitrogens with zero attached hydrogens (tertiary/aromatic N) is 3. The zero-order valence-corrected chi connectivity index (χ0v) is 14.6. The van der Waals surface area contributed by atoms with Crippen molar-refractivity contribution >= 4 is 12.0 Å². The van der Waals surface area contributed by atoms with Crippen LogP contribution in [0.4, 0.5) is 10.2 Å². The molecule has 3 N–H and O–H groups in total. The SMILES string of the molecule is N/N=C\c1cncnc1NC1CCCC(OCC(F)c2ccccc2)C1. The van der Waals surface area contributed by atoms with Crippen molar-refractivity contribution in [2.24, 2.45) is 10.9 Å². The number of benzene rings is 1. The van der Waals surface area contributed by atoms with E-state index in [0.717, 1.165) is 31.2 Å². The van der Waals surface area contributed by atoms with Gasteiger partial charge in [-0.05, 0) is 31.2 Å². The highest BCUT2D eigenvalue weighted by Gasteiger charge is 2.24. The lowest BCUT2D eigenvalue weighted by molar-refractivity contribution is -0.00328. The quantitative estimate of drug-likeness (QED) is 0.451. The Morgan fingerprint density at radius 3 is 3.00 bits per heavy atom. The fourth-order valence-corrected chi connectivity index (χ4v) is 3.24. The molecule has 0 radical (unpaired) electrons. The molecule has 1 fully saturated rings. The van der Waals surface area contributed by atoms with Crippen molar-refractivity contribution in [3.63, 3.8) is 0 Å². The second-order valence-electron chi connectivity index (χ2n) is 6.45. The van der Waals surface area contributed by atoms with Gasteiger partial charge in [-0.15, -0.1) is 0 Å². The van der Waals surface area contributed by atoms with E-state index in [-0.39, 0.29) is 18.8 Å². The van der Waals surface area contributed by atoms with Gasteiger partial charge < -0.3 is 15.9 Å². The first-order valence-corrected chi connectivity index (χ1v) is 8.86. The van der Waals surface area contributed by atoms with Gasteiger partial charge >= 0.3 is 0 Å². The number of ether oxygens (including phenoxy) is 1. The van der Waals surface area contributed by atoms with Crippen LogP contribution >= 0.6 is 0 Å². The summed E-state index contributed by atoms with van der Waals surface area (Å²) >= 11 is 0. The van der Waals surface area contributed by atoms with Gasteiger partial charge in [0.05, 0.1) is 24.5 Å². The van der Waals surface area contributed by atoms with E-state index in [4.69, 9.17) is 10.6 Å². The molecule has 138 valence electrons. The number of halogens is 1. The molecular weight excluding hydrogens is 333 g/mol. The Kier molecular flexibility index (Phi) is 6.49. The molecule has 3 unspecified atom stereocenters. The lowest BCUT2D eigenvalue weighted by Crippen LogP contribution is -2.32. The fraction of sp³-hybridized carbons (Fsp3) is 0.421. The van der Waals surface area contributed by atoms with E-state index in [1.165, 1.54) is 12.5 Å². The Morgan fingerprint density at radius 1 is 1.35 bits per heavy atom. The molecule has 6 nitrogen and oxygen atoms in total. The van der Waals surface area contributed by atoms with Crippen LogP contribution in [0, 0.1) is 0 Å². The first-order valence-electron chi connectivity index (χ1n) is 8.86. The standard InChI is InChI=1S/C19H24FN5O/c20-18(14-5-2-1-3-6-14)12-26-17-8-4-7-16(9-17)25-19-15(11-24-21)10-22-13-23-19/h1-3,5-6,10-11,13,16-18H,4,7-9,12,21H2,(H,22,23,25)/b24-11-. The highest BCUT2D eigenvalue weighted by molar-refractivity contribution is 5.85. The maximum Gasteiger partial charge on any atom is 0.148 e. The van der Waals surface area contributed by atoms with Gasteiger partial charge in [0, 0.05) is 12.2 Å². The molecule has 1 aromatic heterocycles. The summed E-state index contributed by atoms with van der Waals surface area (Å²) in [6, 6.07) is 9.34. The summed E-state index contributed by atoms with van der Waals surface area (Å²) in [5.41, 5.74) is 1.40. The molecule has 0 amide bonds. The van der Waals surface area contributed by atoms with Crippen LogP contribution < -0.4 is 11.2 Å². The average molecular weight is 357 g/mol. The Bertz CT molecular complexity index is 712. The molecule has 7 heteroatoms. The molecule has 3 atom stereocenters. The number of hydrogen-bond donors (Lipinski definition) is 2. The number of anilines is 1. The molecule has 1 aromatic carbocycles. The minimum atomic E-state index is -1.10. The lowest BCUT2D eigenvalue weighted by Gasteiger charge is -2.30. The summed E-state index contributed by atoms with van der Waals surface area (Å²) in [5.74, 6) is 5.93. The number of nitrogens with two attached hydrogens (primary N) is 1. The lowest BCUT2D eigenvalue weighted by atomic mass is 9.92. The van der Waals surface area contributed by atoms with Crippen molar-refractivity contribution in [2.75, 3.05) is 11.9 Å². The number of hydrogen-bond acceptors (Lipinski definition) is 6. The molecule has 0 aliphatic heterocycles. The van der Waals surface area contributed by atoms with Crippen LogP contribution in [0.25, 0.3) is 0 Å². The van der Waals surface area contributed by atoms with E-state index >= 15 is 0 Å². The van der Waals surface area contributed by atoms with E-state index in [1.807, 2.05) is 18.2 Å². The van der Waals surface area contributed by atoms with E-state index in [1.54, 1.807) is 18.3 Å². The highest BCUT2D eigenvalue weighted by atomic mass is 19.1. The minimum Gasteiger partial charge on any atom is -0.375 e. The van der Waals surface area contributed by atoms with E-state index in [9.17, 15) is 4.39 Å². The van der Waals surface area contributed by atoms with Crippen molar-refractivity contribution in [2.45, 2.75) is 44.0 Å². The summed E-state index contributed by atoms with van der Waals surface area (Å²) in [6.45, 7) is 0.0833. The number of aromatic nitrogens is 2. The third kappa shape index (κ3) is 4.98. The van der Waals surface area contributed by atoms with Crippen molar-refractivity contribution in [1.82, 2.24) is 9.97 Å². The smallest absolute Gasteiger partial charge is 0.148 e. The van der Waals surface area contributed by atoms with Crippen LogP contribution in [0.5, 0.6) is 0 Å². The summed E-state index contributed by atoms with van der Waals surface area (Å²) in [4.78, 5) is 8.25. The van der Waals surface area contributed by atoms with Crippen LogP contribution in [0.1, 0.15) is 43.0 Å². The summed E-state index contributed by atoms with van der Waals surface area (Å²) in [6.07, 6.45) is 7.40. The zero-order chi connectivity index (χ0) is 18.2. The minimum absolute atomic E-state index is 0.0386. The number of rotatable bonds is 7. The van der Waals surface area contributed by atoms with Gasteiger partial charge in [-0.2, -0.15) is 5.10 Å². The van der Waals surface area contributed by atoms with Gasteiger partial charge in [-0.25, -0.2) is 14.4 Å². The van der Waals surface area contributed by atoms with Crippen molar-refractivity contribution < 1.29 is 9.13 Å². The molecule has 1 heterocycles. The van der Waals surface area contributed by atoms with Crippen molar-refractivity contribution in [3.05, 3.63) is 54.0 Å². The van der Waals surface area contributed by atoms with Crippen molar-refractivity contribution in [3.8, 4) is 0 Å². The number of hydrazone groups is 1. The second-order valence-corrected chi connectivity index (χ2v) is 6.45. The van der Waals surface area contributed by atoms with Crippen LogP contribution in [0.15, 0.2) is 48.0 Å². The van der Waals surface area contributed by atoms with E-state index in [2.05, 4.69) is 20.4 Å². The molecular formula is C19H24FN5O. The molecule has 1 aliphatic rings. The predicted octanol–water partition coefficient (Wildman–Crippen LogP) is 3.22. The largest absolute Gasteiger partial charge is 0.375 e. The zero-order valence-electron chi connectivity index (χ0n) is 14.6. The van der Waals surface area contributed by atoms with Crippen molar-refractivity contribution in [1.29, 1.82) is 0 Å². The van der Waals surface area contributed by atoms with Gasteiger partial charge in [0.15, 0.2) is 0 Å². The van der Waals surface area contributed by atoms with Gasteiger partial charge in [0.2, 0.25) is 0 Å². The third-order valence-corrected chi connectivity index (χ3v) is 4.56. The first kappa shape index (κ1) is 18.3. The van der Waals surface area contributed by atoms with Crippen LogP contribution in [-0.2, 0) is 4.74 Å². The maximum absolute atomic E-state index is 14.3. The Morgan fingerprint density at radius 2 is 2.19 bits per heavy atom. The molecule has 2 aromatic rings. The molecule has 1 saturated carbocycles. The van der Waals surface area contributed by atoms with Crippen LogP contribution in [0.3, 0.4) is 0 Å². The number of nitrogens with one attached hydrogen (secondary N) is 1. The molecule has 0 spiro atoms. The van der Waals surface area contributed by atoms with Gasteiger partial charge in [0.25, 0.3) is 0 Å². The molecule has 0 bridgehead atoms. The topological polar surface area (TPSA) is 85.4 Å². The Hall–Kier alpha value is -2.54. The summed E-state index contributed by atoms with van der Waals surface area (Å²) < 4.78 is 20.1. The fourth-order valence-electron chi connectivity index (χ4n) is 3.24. The second kappa shape index (κ2) is 9.24. The normalized spacial score (nSPS) is 21.6. The van der Waals surface area contributed by atoms with E-state index < -0.39 is 6.17 Å². The third-order valence-electron chi connectivity index (χ3n) is 4.56. The molecule has 1 aliphatic carbocycles. The average Bonchev–Trinajstić information content (AvgIpc) is 2.69. The molecule has 3 rings (SSSR count). The first-order chi connectivity index (χ1) is 12.8. The van der Waals surface area contributed by atoms with Gasteiger partial charge in [-0.1, -0.05) is 30.3 Å². The van der Waals surface area contributed by atoms with E-state index in [0.29, 0.717) is 11.4 Å². The summed E-state index contributed by atoms with van der Waals surface area (Å²) in [7, 11) is 0. The maximum atomic E-state index is 14.3. The highest BCUT2D eigenvalue weighted by Crippen LogP contribution is 2.26. The van der Waals surface area contributed by atoms with Crippen LogP contribution in [-0.4, -0.2) is 34.9 Å². The van der Waals surface area contributed by atoms with Crippen LogP contribution in [0.2, 0.25) is 0 Å². The monoisotopic (exact) mass is 357 g/mol. The van der Waals surface area contributed by atoms with Gasteiger partial charge in [0.1, 0.15) is 18.3 Å². The Labute approximate surface area is 152 Å².